The minimum atomic E-state index is -0.0658. The molecule has 1 unspecified atom stereocenters. The molecule has 7 heteroatoms. The first-order chi connectivity index (χ1) is 16.3. The van der Waals surface area contributed by atoms with Gasteiger partial charge in [0.1, 0.15) is 5.82 Å². The van der Waals surface area contributed by atoms with Crippen LogP contribution in [-0.2, 0) is 12.0 Å². The number of aromatic nitrogens is 2. The van der Waals surface area contributed by atoms with Gasteiger partial charge in [-0.05, 0) is 49.0 Å². The number of imidazole rings is 1. The maximum Gasteiger partial charge on any atom is 0.173 e. The Labute approximate surface area is 213 Å². The molecule has 0 radical (unpaired) electrons. The predicted molar refractivity (Wildman–Crippen MR) is 150 cm³/mol. The molecule has 2 N–H and O–H groups in total. The van der Waals surface area contributed by atoms with Crippen molar-refractivity contribution >= 4 is 45.8 Å². The third-order valence-corrected chi connectivity index (χ3v) is 7.77. The van der Waals surface area contributed by atoms with Gasteiger partial charge in [0.15, 0.2) is 5.11 Å². The molecule has 3 aromatic rings. The molecule has 0 saturated carbocycles. The lowest BCUT2D eigenvalue weighted by Crippen LogP contribution is -2.53. The number of benzene rings is 2. The van der Waals surface area contributed by atoms with Gasteiger partial charge in [0.25, 0.3) is 0 Å². The summed E-state index contributed by atoms with van der Waals surface area (Å²) >= 11 is 7.76. The van der Waals surface area contributed by atoms with Crippen molar-refractivity contribution in [3.63, 3.8) is 0 Å². The monoisotopic (exact) mass is 495 g/mol. The Bertz CT molecular complexity index is 1130. The fourth-order valence-corrected chi connectivity index (χ4v) is 5.68. The van der Waals surface area contributed by atoms with Crippen molar-refractivity contribution in [2.24, 2.45) is 0 Å². The molecule has 0 bridgehead atoms. The average molecular weight is 496 g/mol. The van der Waals surface area contributed by atoms with Gasteiger partial charge in [-0.25, -0.2) is 4.98 Å². The van der Waals surface area contributed by atoms with Gasteiger partial charge in [0.2, 0.25) is 0 Å². The number of nitrogens with zero attached hydrogens (tertiary/aromatic N) is 3. The van der Waals surface area contributed by atoms with E-state index >= 15 is 0 Å². The average Bonchev–Trinajstić information content (AvgIpc) is 3.16. The van der Waals surface area contributed by atoms with E-state index in [1.54, 1.807) is 0 Å². The molecule has 182 valence electrons. The SMILES string of the molecule is CCCSc1cc2nc(C(C)(C)C)n(Cc3ccccc3)c2cc1NC(=S)N1CCNCC1C. The molecule has 1 aliphatic rings. The van der Waals surface area contributed by atoms with E-state index in [1.165, 1.54) is 10.5 Å². The molecule has 1 atom stereocenters. The van der Waals surface area contributed by atoms with E-state index in [0.717, 1.165) is 66.0 Å². The zero-order valence-corrected chi connectivity index (χ0v) is 22.7. The Kier molecular flexibility index (Phi) is 7.85. The molecule has 1 aromatic heterocycles. The van der Waals surface area contributed by atoms with Crippen LogP contribution in [0.3, 0.4) is 0 Å². The van der Waals surface area contributed by atoms with Gasteiger partial charge in [0, 0.05) is 42.5 Å². The number of piperazine rings is 1. The van der Waals surface area contributed by atoms with Gasteiger partial charge in [-0.3, -0.25) is 0 Å². The summed E-state index contributed by atoms with van der Waals surface area (Å²) in [5, 5.41) is 7.87. The maximum atomic E-state index is 5.89. The summed E-state index contributed by atoms with van der Waals surface area (Å²) < 4.78 is 2.38. The topological polar surface area (TPSA) is 45.1 Å². The number of thiocarbonyl (C=S) groups is 1. The van der Waals surface area contributed by atoms with Crippen LogP contribution in [0.2, 0.25) is 0 Å². The second-order valence-electron chi connectivity index (χ2n) is 10.1. The largest absolute Gasteiger partial charge is 0.344 e. The van der Waals surface area contributed by atoms with E-state index in [9.17, 15) is 0 Å². The van der Waals surface area contributed by atoms with Crippen molar-refractivity contribution in [3.05, 3.63) is 53.9 Å². The van der Waals surface area contributed by atoms with Crippen molar-refractivity contribution in [2.45, 2.75) is 63.9 Å². The van der Waals surface area contributed by atoms with Gasteiger partial charge >= 0.3 is 0 Å². The quantitative estimate of drug-likeness (QED) is 0.329. The first-order valence-corrected chi connectivity index (χ1v) is 13.7. The minimum Gasteiger partial charge on any atom is -0.344 e. The normalized spacial score (nSPS) is 16.7. The van der Waals surface area contributed by atoms with Gasteiger partial charge in [-0.15, -0.1) is 11.8 Å². The molecule has 2 heterocycles. The first-order valence-electron chi connectivity index (χ1n) is 12.3. The summed E-state index contributed by atoms with van der Waals surface area (Å²) in [5.74, 6) is 2.17. The zero-order chi connectivity index (χ0) is 24.3. The van der Waals surface area contributed by atoms with Crippen molar-refractivity contribution in [1.82, 2.24) is 19.8 Å². The molecule has 0 spiro atoms. The fraction of sp³-hybridized carbons (Fsp3) is 0.481. The molecule has 2 aromatic carbocycles. The summed E-state index contributed by atoms with van der Waals surface area (Å²) in [6.07, 6.45) is 1.12. The lowest BCUT2D eigenvalue weighted by Gasteiger charge is -2.36. The summed E-state index contributed by atoms with van der Waals surface area (Å²) in [6, 6.07) is 15.5. The van der Waals surface area contributed by atoms with Crippen molar-refractivity contribution in [3.8, 4) is 0 Å². The smallest absolute Gasteiger partial charge is 0.173 e. The number of rotatable bonds is 6. The number of nitrogens with one attached hydrogen (secondary N) is 2. The molecule has 4 rings (SSSR count). The van der Waals surface area contributed by atoms with Crippen molar-refractivity contribution in [1.29, 1.82) is 0 Å². The van der Waals surface area contributed by atoms with Gasteiger partial charge < -0.3 is 20.1 Å². The van der Waals surface area contributed by atoms with E-state index in [2.05, 4.69) is 97.2 Å². The molecule has 34 heavy (non-hydrogen) atoms. The highest BCUT2D eigenvalue weighted by Gasteiger charge is 2.25. The van der Waals surface area contributed by atoms with Crippen LogP contribution in [0.1, 0.15) is 52.4 Å². The maximum absolute atomic E-state index is 5.89. The fourth-order valence-electron chi connectivity index (χ4n) is 4.41. The van der Waals surface area contributed by atoms with Crippen LogP contribution in [0.5, 0.6) is 0 Å². The Morgan fingerprint density at radius 1 is 1.24 bits per heavy atom. The molecule has 1 saturated heterocycles. The van der Waals surface area contributed by atoms with Crippen LogP contribution in [0.15, 0.2) is 47.4 Å². The Morgan fingerprint density at radius 3 is 2.68 bits per heavy atom. The molecule has 0 aliphatic carbocycles. The highest BCUT2D eigenvalue weighted by Crippen LogP contribution is 2.35. The van der Waals surface area contributed by atoms with E-state index in [-0.39, 0.29) is 5.41 Å². The zero-order valence-electron chi connectivity index (χ0n) is 21.0. The summed E-state index contributed by atoms with van der Waals surface area (Å²) in [7, 11) is 0. The van der Waals surface area contributed by atoms with Gasteiger partial charge in [0.05, 0.1) is 16.7 Å². The molecule has 0 amide bonds. The third-order valence-electron chi connectivity index (χ3n) is 6.17. The number of hydrogen-bond donors (Lipinski definition) is 2. The molecular weight excluding hydrogens is 458 g/mol. The summed E-state index contributed by atoms with van der Waals surface area (Å²) in [5.41, 5.74) is 4.48. The van der Waals surface area contributed by atoms with E-state index in [0.29, 0.717) is 6.04 Å². The van der Waals surface area contributed by atoms with E-state index in [4.69, 9.17) is 17.2 Å². The summed E-state index contributed by atoms with van der Waals surface area (Å²) in [6.45, 7) is 14.8. The van der Waals surface area contributed by atoms with Crippen LogP contribution >= 0.6 is 24.0 Å². The molecule has 1 aliphatic heterocycles. The lowest BCUT2D eigenvalue weighted by molar-refractivity contribution is 0.278. The van der Waals surface area contributed by atoms with Gasteiger partial charge in [-0.1, -0.05) is 58.0 Å². The van der Waals surface area contributed by atoms with Crippen molar-refractivity contribution in [2.75, 3.05) is 30.7 Å². The second kappa shape index (κ2) is 10.7. The van der Waals surface area contributed by atoms with Crippen LogP contribution < -0.4 is 10.6 Å². The van der Waals surface area contributed by atoms with Crippen LogP contribution in [0.4, 0.5) is 5.69 Å². The molecule has 1 fully saturated rings. The Hall–Kier alpha value is -2.09. The Balaban J connectivity index is 1.78. The highest BCUT2D eigenvalue weighted by atomic mass is 32.2. The minimum absolute atomic E-state index is 0.0658. The second-order valence-corrected chi connectivity index (χ2v) is 11.6. The summed E-state index contributed by atoms with van der Waals surface area (Å²) in [4.78, 5) is 8.65. The first kappa shape index (κ1) is 25.0. The number of anilines is 1. The van der Waals surface area contributed by atoms with E-state index < -0.39 is 0 Å². The lowest BCUT2D eigenvalue weighted by atomic mass is 9.95. The van der Waals surface area contributed by atoms with Gasteiger partial charge in [-0.2, -0.15) is 0 Å². The number of hydrogen-bond acceptors (Lipinski definition) is 4. The Morgan fingerprint density at radius 2 is 2.00 bits per heavy atom. The predicted octanol–water partition coefficient (Wildman–Crippen LogP) is 5.87. The van der Waals surface area contributed by atoms with E-state index in [1.807, 2.05) is 11.8 Å². The number of thioether (sulfide) groups is 1. The van der Waals surface area contributed by atoms with Crippen LogP contribution in [-0.4, -0.2) is 51.0 Å². The molecule has 5 nitrogen and oxygen atoms in total. The highest BCUT2D eigenvalue weighted by molar-refractivity contribution is 7.99. The number of fused-ring (bicyclic) bond motifs is 1. The standard InChI is InChI=1S/C27H37N5S2/c1-6-14-34-24-16-21-23(15-22(24)30-26(33)31-13-12-28-17-19(31)2)32(25(29-21)27(3,4)5)18-20-10-8-7-9-11-20/h7-11,15-16,19,28H,6,12-14,17-18H2,1-5H3,(H,30,33). The third kappa shape index (κ3) is 5.58. The van der Waals surface area contributed by atoms with Crippen LogP contribution in [0, 0.1) is 0 Å². The van der Waals surface area contributed by atoms with Crippen LogP contribution in [0.25, 0.3) is 11.0 Å². The molecular formula is C27H37N5S2. The van der Waals surface area contributed by atoms with Crippen molar-refractivity contribution < 1.29 is 0 Å².